The van der Waals surface area contributed by atoms with E-state index in [2.05, 4.69) is 16.7 Å². The van der Waals surface area contributed by atoms with Gasteiger partial charge >= 0.3 is 6.18 Å². The summed E-state index contributed by atoms with van der Waals surface area (Å²) in [4.78, 5) is 5.83. The molecule has 0 radical (unpaired) electrons. The summed E-state index contributed by atoms with van der Waals surface area (Å²) in [5.41, 5.74) is 4.76. The van der Waals surface area contributed by atoms with Gasteiger partial charge in [0.15, 0.2) is 5.96 Å². The third kappa shape index (κ3) is 4.38. The molecule has 1 aliphatic rings. The first-order valence-electron chi connectivity index (χ1n) is 8.21. The molecule has 1 fully saturated rings. The number of hydrogen-bond acceptors (Lipinski definition) is 5. The second-order valence-electron chi connectivity index (χ2n) is 6.00. The van der Waals surface area contributed by atoms with Crippen LogP contribution in [-0.4, -0.2) is 34.2 Å². The molecule has 2 heterocycles. The molecule has 11 heteroatoms. The predicted molar refractivity (Wildman–Crippen MR) is 98.3 cm³/mol. The molecule has 0 amide bonds. The fourth-order valence-corrected chi connectivity index (χ4v) is 2.96. The van der Waals surface area contributed by atoms with Gasteiger partial charge in [-0.1, -0.05) is 17.8 Å². The maximum Gasteiger partial charge on any atom is 0.419 e. The normalized spacial score (nSPS) is 16.5. The molecular formula is C17H19ClF3N5O2. The Kier molecular flexibility index (Phi) is 6.55. The standard InChI is InChI=1S/C17H18F3N5O2.ClH/c1-2-8-26-13-6-5-10(9-11(13)17(18,19)20)14-23-15(27-24-14)12-4-3-7-25(12)16(21)22;/h2,5-6,9,12H,1,3-4,7-8H2,(H3,21,22);1H/t12-;/m0./s1. The lowest BCUT2D eigenvalue weighted by atomic mass is 10.1. The molecule has 0 unspecified atom stereocenters. The van der Waals surface area contributed by atoms with Crippen molar-refractivity contribution in [2.75, 3.05) is 13.2 Å². The molecule has 3 N–H and O–H groups in total. The highest BCUT2D eigenvalue weighted by molar-refractivity contribution is 5.85. The van der Waals surface area contributed by atoms with Crippen LogP contribution >= 0.6 is 12.4 Å². The predicted octanol–water partition coefficient (Wildman–Crippen LogP) is 3.77. The maximum absolute atomic E-state index is 13.3. The van der Waals surface area contributed by atoms with E-state index < -0.39 is 11.7 Å². The fraction of sp³-hybridized carbons (Fsp3) is 0.353. The Morgan fingerprint density at radius 2 is 2.21 bits per heavy atom. The number of guanidine groups is 1. The SMILES string of the molecule is C=CCOc1ccc(-c2noc([C@@H]3CCCN3C(=N)N)n2)cc1C(F)(F)F.Cl. The van der Waals surface area contributed by atoms with Crippen LogP contribution in [0.1, 0.15) is 30.3 Å². The lowest BCUT2D eigenvalue weighted by molar-refractivity contribution is -0.138. The van der Waals surface area contributed by atoms with E-state index in [4.69, 9.17) is 20.4 Å². The molecule has 1 aromatic heterocycles. The number of aromatic nitrogens is 2. The first-order valence-corrected chi connectivity index (χ1v) is 8.21. The molecule has 152 valence electrons. The van der Waals surface area contributed by atoms with E-state index in [1.54, 1.807) is 4.90 Å². The molecule has 0 spiro atoms. The molecule has 3 rings (SSSR count). The van der Waals surface area contributed by atoms with Crippen LogP contribution in [0.15, 0.2) is 35.4 Å². The molecule has 1 atom stereocenters. The zero-order chi connectivity index (χ0) is 19.6. The van der Waals surface area contributed by atoms with E-state index in [1.807, 2.05) is 0 Å². The summed E-state index contributed by atoms with van der Waals surface area (Å²) in [5.74, 6) is -0.159. The van der Waals surface area contributed by atoms with Gasteiger partial charge in [0.2, 0.25) is 11.7 Å². The summed E-state index contributed by atoms with van der Waals surface area (Å²) in [6.07, 6.45) is -1.77. The number of likely N-dealkylation sites (tertiary alicyclic amines) is 1. The van der Waals surface area contributed by atoms with E-state index in [9.17, 15) is 13.2 Å². The number of nitrogens with zero attached hydrogens (tertiary/aromatic N) is 3. The van der Waals surface area contributed by atoms with Crippen molar-refractivity contribution in [3.05, 3.63) is 42.3 Å². The first kappa shape index (κ1) is 21.5. The van der Waals surface area contributed by atoms with Gasteiger partial charge in [0, 0.05) is 12.1 Å². The van der Waals surface area contributed by atoms with Crippen molar-refractivity contribution >= 4 is 18.4 Å². The van der Waals surface area contributed by atoms with Gasteiger partial charge < -0.3 is 19.9 Å². The van der Waals surface area contributed by atoms with E-state index in [-0.39, 0.29) is 54.0 Å². The Morgan fingerprint density at radius 1 is 1.46 bits per heavy atom. The van der Waals surface area contributed by atoms with E-state index in [0.717, 1.165) is 12.5 Å². The van der Waals surface area contributed by atoms with Crippen LogP contribution in [0.2, 0.25) is 0 Å². The van der Waals surface area contributed by atoms with Crippen LogP contribution in [-0.2, 0) is 6.18 Å². The molecule has 0 saturated carbocycles. The number of nitrogens with two attached hydrogens (primary N) is 1. The van der Waals surface area contributed by atoms with Crippen LogP contribution in [0.5, 0.6) is 5.75 Å². The second kappa shape index (κ2) is 8.51. The number of benzene rings is 1. The fourth-order valence-electron chi connectivity index (χ4n) is 2.96. The van der Waals surface area contributed by atoms with Gasteiger partial charge in [-0.25, -0.2) is 0 Å². The average Bonchev–Trinajstić information content (AvgIpc) is 3.27. The Labute approximate surface area is 165 Å². The number of alkyl halides is 3. The molecule has 1 aromatic carbocycles. The number of ether oxygens (including phenoxy) is 1. The number of nitrogens with one attached hydrogen (secondary N) is 1. The van der Waals surface area contributed by atoms with Crippen LogP contribution in [0, 0.1) is 5.41 Å². The van der Waals surface area contributed by atoms with Crippen LogP contribution < -0.4 is 10.5 Å². The summed E-state index contributed by atoms with van der Waals surface area (Å²) in [7, 11) is 0. The lowest BCUT2D eigenvalue weighted by Crippen LogP contribution is -2.35. The van der Waals surface area contributed by atoms with Gasteiger partial charge in [-0.2, -0.15) is 18.2 Å². The van der Waals surface area contributed by atoms with Gasteiger partial charge in [0.1, 0.15) is 18.4 Å². The zero-order valence-corrected chi connectivity index (χ0v) is 15.5. The molecule has 0 bridgehead atoms. The monoisotopic (exact) mass is 417 g/mol. The first-order chi connectivity index (χ1) is 12.8. The quantitative estimate of drug-likeness (QED) is 0.436. The average molecular weight is 418 g/mol. The van der Waals surface area contributed by atoms with Gasteiger partial charge in [0.05, 0.1) is 5.56 Å². The van der Waals surface area contributed by atoms with Gasteiger partial charge in [-0.3, -0.25) is 5.41 Å². The van der Waals surface area contributed by atoms with Gasteiger partial charge in [-0.15, -0.1) is 12.4 Å². The van der Waals surface area contributed by atoms with Crippen molar-refractivity contribution in [2.45, 2.75) is 25.1 Å². The Balaban J connectivity index is 0.00000280. The zero-order valence-electron chi connectivity index (χ0n) is 14.7. The van der Waals surface area contributed by atoms with E-state index in [1.165, 1.54) is 18.2 Å². The van der Waals surface area contributed by atoms with Crippen molar-refractivity contribution in [1.82, 2.24) is 15.0 Å². The Morgan fingerprint density at radius 3 is 2.86 bits per heavy atom. The van der Waals surface area contributed by atoms with Crippen molar-refractivity contribution in [2.24, 2.45) is 5.73 Å². The highest BCUT2D eigenvalue weighted by atomic mass is 35.5. The third-order valence-electron chi connectivity index (χ3n) is 4.19. The Bertz CT molecular complexity index is 856. The van der Waals surface area contributed by atoms with E-state index in [0.29, 0.717) is 13.0 Å². The molecule has 1 aliphatic heterocycles. The molecular weight excluding hydrogens is 399 g/mol. The summed E-state index contributed by atoms with van der Waals surface area (Å²) in [6.45, 7) is 3.97. The van der Waals surface area contributed by atoms with Crippen LogP contribution in [0.3, 0.4) is 0 Å². The Hall–Kier alpha value is -2.75. The van der Waals surface area contributed by atoms with Gasteiger partial charge in [-0.05, 0) is 31.0 Å². The highest BCUT2D eigenvalue weighted by Crippen LogP contribution is 2.39. The van der Waals surface area contributed by atoms with Crippen LogP contribution in [0.4, 0.5) is 13.2 Å². The smallest absolute Gasteiger partial charge is 0.419 e. The third-order valence-corrected chi connectivity index (χ3v) is 4.19. The minimum atomic E-state index is -4.60. The molecule has 28 heavy (non-hydrogen) atoms. The van der Waals surface area contributed by atoms with Crippen molar-refractivity contribution in [3.63, 3.8) is 0 Å². The molecule has 1 saturated heterocycles. The minimum absolute atomic E-state index is 0. The van der Waals surface area contributed by atoms with Crippen molar-refractivity contribution in [3.8, 4) is 17.1 Å². The van der Waals surface area contributed by atoms with Gasteiger partial charge in [0.25, 0.3) is 0 Å². The highest BCUT2D eigenvalue weighted by Gasteiger charge is 2.36. The van der Waals surface area contributed by atoms with Crippen molar-refractivity contribution < 1.29 is 22.4 Å². The number of halogens is 4. The molecule has 7 nitrogen and oxygen atoms in total. The minimum Gasteiger partial charge on any atom is -0.489 e. The van der Waals surface area contributed by atoms with Crippen molar-refractivity contribution in [1.29, 1.82) is 5.41 Å². The lowest BCUT2D eigenvalue weighted by Gasteiger charge is -2.21. The maximum atomic E-state index is 13.3. The number of hydrogen-bond donors (Lipinski definition) is 2. The second-order valence-corrected chi connectivity index (χ2v) is 6.00. The molecule has 0 aliphatic carbocycles. The summed E-state index contributed by atoms with van der Waals surface area (Å²) in [6, 6.07) is 3.22. The topological polar surface area (TPSA) is 101 Å². The summed E-state index contributed by atoms with van der Waals surface area (Å²) < 4.78 is 50.4. The molecule has 2 aromatic rings. The summed E-state index contributed by atoms with van der Waals surface area (Å²) >= 11 is 0. The largest absolute Gasteiger partial charge is 0.489 e. The van der Waals surface area contributed by atoms with Crippen LogP contribution in [0.25, 0.3) is 11.4 Å². The summed E-state index contributed by atoms with van der Waals surface area (Å²) in [5, 5.41) is 11.4. The number of rotatable bonds is 5. The van der Waals surface area contributed by atoms with E-state index >= 15 is 0 Å².